The fourth-order valence-corrected chi connectivity index (χ4v) is 5.28. The van der Waals surface area contributed by atoms with Crippen LogP contribution < -0.4 is 9.64 Å². The molecule has 0 spiro atoms. The first-order valence-electron chi connectivity index (χ1n) is 11.4. The molecule has 190 valence electrons. The molecule has 0 bridgehead atoms. The average Bonchev–Trinajstić information content (AvgIpc) is 2.89. The van der Waals surface area contributed by atoms with Gasteiger partial charge in [-0.2, -0.15) is 0 Å². The number of amides is 1. The van der Waals surface area contributed by atoms with E-state index >= 15 is 0 Å². The largest absolute Gasteiger partial charge is 0.497 e. The predicted octanol–water partition coefficient (Wildman–Crippen LogP) is 4.82. The summed E-state index contributed by atoms with van der Waals surface area (Å²) in [7, 11) is 5.51. The summed E-state index contributed by atoms with van der Waals surface area (Å²) >= 11 is 7.84. The third-order valence-electron chi connectivity index (χ3n) is 5.27. The van der Waals surface area contributed by atoms with Crippen LogP contribution in [0.2, 0.25) is 5.02 Å². The molecular weight excluding hydrogens is 488 g/mol. The summed E-state index contributed by atoms with van der Waals surface area (Å²) < 4.78 is 16.8. The molecular formula is C26H33ClN2O5S. The Hall–Kier alpha value is -2.26. The van der Waals surface area contributed by atoms with Gasteiger partial charge in [0.1, 0.15) is 18.0 Å². The lowest BCUT2D eigenvalue weighted by atomic mass is 10.1. The zero-order chi connectivity index (χ0) is 25.8. The summed E-state index contributed by atoms with van der Waals surface area (Å²) in [5.41, 5.74) is 0.995. The molecule has 0 N–H and O–H groups in total. The van der Waals surface area contributed by atoms with E-state index in [1.54, 1.807) is 38.8 Å². The molecule has 0 saturated carbocycles. The molecule has 1 aliphatic heterocycles. The van der Waals surface area contributed by atoms with Crippen LogP contribution in [0.3, 0.4) is 0 Å². The number of carbonyl (C=O) groups excluding carboxylic acids is 2. The SMILES string of the molecule is COc1ccc([C@@H]2Sc3cc(Cl)ccc3N(CCN(C)C)C(=O)[C@@H]2OCC(=O)OC(C)(C)C)cc1. The lowest BCUT2D eigenvalue weighted by Gasteiger charge is -2.29. The van der Waals surface area contributed by atoms with Gasteiger partial charge >= 0.3 is 5.97 Å². The Morgan fingerprint density at radius 1 is 1.14 bits per heavy atom. The van der Waals surface area contributed by atoms with E-state index in [9.17, 15) is 9.59 Å². The summed E-state index contributed by atoms with van der Waals surface area (Å²) in [5.74, 6) is -0.0285. The van der Waals surface area contributed by atoms with Gasteiger partial charge in [0.15, 0.2) is 6.10 Å². The zero-order valence-corrected chi connectivity index (χ0v) is 22.6. The van der Waals surface area contributed by atoms with Crippen molar-refractivity contribution in [2.75, 3.05) is 45.8 Å². The highest BCUT2D eigenvalue weighted by Crippen LogP contribution is 2.47. The summed E-state index contributed by atoms with van der Waals surface area (Å²) in [4.78, 5) is 31.0. The molecule has 0 aromatic heterocycles. The van der Waals surface area contributed by atoms with Crippen molar-refractivity contribution < 1.29 is 23.8 Å². The van der Waals surface area contributed by atoms with Crippen LogP contribution in [0.15, 0.2) is 47.4 Å². The molecule has 3 rings (SSSR count). The van der Waals surface area contributed by atoms with Crippen molar-refractivity contribution in [1.82, 2.24) is 4.90 Å². The maximum atomic E-state index is 14.0. The number of thioether (sulfide) groups is 1. The van der Waals surface area contributed by atoms with Crippen molar-refractivity contribution in [2.24, 2.45) is 0 Å². The molecule has 35 heavy (non-hydrogen) atoms. The molecule has 0 saturated heterocycles. The minimum absolute atomic E-state index is 0.218. The molecule has 1 aliphatic rings. The Labute approximate surface area is 216 Å². The van der Waals surface area contributed by atoms with Gasteiger partial charge in [0.05, 0.1) is 18.0 Å². The van der Waals surface area contributed by atoms with E-state index in [-0.39, 0.29) is 12.5 Å². The number of likely N-dealkylation sites (N-methyl/N-ethyl adjacent to an activating group) is 1. The van der Waals surface area contributed by atoms with Gasteiger partial charge in [-0.25, -0.2) is 4.79 Å². The third kappa shape index (κ3) is 7.36. The first-order valence-corrected chi connectivity index (χ1v) is 12.6. The fourth-order valence-electron chi connectivity index (χ4n) is 3.66. The molecule has 0 fully saturated rings. The van der Waals surface area contributed by atoms with Crippen LogP contribution in [0.4, 0.5) is 5.69 Å². The van der Waals surface area contributed by atoms with Crippen molar-refractivity contribution in [3.05, 3.63) is 53.1 Å². The predicted molar refractivity (Wildman–Crippen MR) is 140 cm³/mol. The van der Waals surface area contributed by atoms with E-state index in [4.69, 9.17) is 25.8 Å². The quantitative estimate of drug-likeness (QED) is 0.462. The van der Waals surface area contributed by atoms with Gasteiger partial charge in [0.25, 0.3) is 5.91 Å². The normalized spacial score (nSPS) is 18.3. The van der Waals surface area contributed by atoms with Crippen molar-refractivity contribution in [2.45, 2.75) is 42.6 Å². The molecule has 2 atom stereocenters. The molecule has 2 aromatic carbocycles. The highest BCUT2D eigenvalue weighted by atomic mass is 35.5. The maximum Gasteiger partial charge on any atom is 0.332 e. The number of nitrogens with zero attached hydrogens (tertiary/aromatic N) is 2. The number of ether oxygens (including phenoxy) is 3. The minimum atomic E-state index is -0.922. The van der Waals surface area contributed by atoms with Gasteiger partial charge in [-0.15, -0.1) is 11.8 Å². The van der Waals surface area contributed by atoms with E-state index < -0.39 is 22.9 Å². The second-order valence-corrected chi connectivity index (χ2v) is 11.2. The molecule has 1 amide bonds. The van der Waals surface area contributed by atoms with E-state index in [1.165, 1.54) is 11.8 Å². The van der Waals surface area contributed by atoms with Crippen LogP contribution in [-0.2, 0) is 19.1 Å². The monoisotopic (exact) mass is 520 g/mol. The molecule has 1 heterocycles. The lowest BCUT2D eigenvalue weighted by molar-refractivity contribution is -0.163. The molecule has 7 nitrogen and oxygen atoms in total. The second kappa shape index (κ2) is 11.6. The van der Waals surface area contributed by atoms with Crippen molar-refractivity contribution >= 4 is 40.9 Å². The van der Waals surface area contributed by atoms with Crippen LogP contribution in [0.5, 0.6) is 5.75 Å². The summed E-state index contributed by atoms with van der Waals surface area (Å²) in [6, 6.07) is 13.0. The number of halogens is 1. The number of fused-ring (bicyclic) bond motifs is 1. The van der Waals surface area contributed by atoms with Crippen LogP contribution in [-0.4, -0.2) is 69.4 Å². The number of rotatable bonds is 8. The van der Waals surface area contributed by atoms with Gasteiger partial charge in [-0.3, -0.25) is 4.79 Å². The summed E-state index contributed by atoms with van der Waals surface area (Å²) in [6.07, 6.45) is -0.922. The number of hydrogen-bond acceptors (Lipinski definition) is 7. The molecule has 0 radical (unpaired) electrons. The first-order chi connectivity index (χ1) is 16.5. The number of carbonyl (C=O) groups is 2. The number of anilines is 1. The van der Waals surface area contributed by atoms with Crippen LogP contribution in [0, 0.1) is 0 Å². The molecule has 9 heteroatoms. The average molecular weight is 521 g/mol. The van der Waals surface area contributed by atoms with Gasteiger partial charge in [0.2, 0.25) is 0 Å². The Kier molecular flexibility index (Phi) is 9.10. The highest BCUT2D eigenvalue weighted by molar-refractivity contribution is 7.99. The summed E-state index contributed by atoms with van der Waals surface area (Å²) in [5, 5.41) is 0.162. The molecule has 0 unspecified atom stereocenters. The zero-order valence-electron chi connectivity index (χ0n) is 21.0. The van der Waals surface area contributed by atoms with E-state index in [0.717, 1.165) is 16.1 Å². The summed E-state index contributed by atoms with van der Waals surface area (Å²) in [6.45, 7) is 6.16. The number of hydrogen-bond donors (Lipinski definition) is 0. The molecule has 0 aliphatic carbocycles. The smallest absolute Gasteiger partial charge is 0.332 e. The van der Waals surface area contributed by atoms with Crippen molar-refractivity contribution in [3.63, 3.8) is 0 Å². The van der Waals surface area contributed by atoms with Gasteiger partial charge in [0, 0.05) is 23.0 Å². The van der Waals surface area contributed by atoms with Crippen molar-refractivity contribution in [3.8, 4) is 5.75 Å². The maximum absolute atomic E-state index is 14.0. The Morgan fingerprint density at radius 2 is 1.83 bits per heavy atom. The topological polar surface area (TPSA) is 68.3 Å². The Morgan fingerprint density at radius 3 is 2.43 bits per heavy atom. The Balaban J connectivity index is 2.02. The van der Waals surface area contributed by atoms with Crippen LogP contribution >= 0.6 is 23.4 Å². The highest BCUT2D eigenvalue weighted by Gasteiger charge is 2.40. The van der Waals surface area contributed by atoms with Crippen LogP contribution in [0.1, 0.15) is 31.6 Å². The van der Waals surface area contributed by atoms with Gasteiger partial charge in [-0.1, -0.05) is 23.7 Å². The van der Waals surface area contributed by atoms with E-state index in [1.807, 2.05) is 55.4 Å². The van der Waals surface area contributed by atoms with Crippen LogP contribution in [0.25, 0.3) is 0 Å². The number of esters is 1. The number of benzene rings is 2. The standard InChI is InChI=1S/C26H33ClN2O5S/c1-26(2,3)34-22(30)16-33-23-24(17-7-10-19(32-6)11-8-17)35-21-15-18(27)9-12-20(21)29(25(23)31)14-13-28(4)5/h7-12,15,23-24H,13-14,16H2,1-6H3/t23-,24+/m1/s1. The third-order valence-corrected chi connectivity index (χ3v) is 6.86. The van der Waals surface area contributed by atoms with E-state index in [0.29, 0.717) is 23.9 Å². The lowest BCUT2D eigenvalue weighted by Crippen LogP contribution is -2.45. The number of methoxy groups -OCH3 is 1. The van der Waals surface area contributed by atoms with E-state index in [2.05, 4.69) is 0 Å². The Bertz CT molecular complexity index is 1040. The van der Waals surface area contributed by atoms with Crippen molar-refractivity contribution in [1.29, 1.82) is 0 Å². The first kappa shape index (κ1) is 27.3. The fraction of sp³-hybridized carbons (Fsp3) is 0.462. The van der Waals surface area contributed by atoms with Gasteiger partial charge < -0.3 is 24.0 Å². The minimum Gasteiger partial charge on any atom is -0.497 e. The van der Waals surface area contributed by atoms with Gasteiger partial charge in [-0.05, 0) is 70.8 Å². The molecule has 2 aromatic rings. The second-order valence-electron chi connectivity index (χ2n) is 9.53.